The zero-order valence-corrected chi connectivity index (χ0v) is 13.4. The van der Waals surface area contributed by atoms with Gasteiger partial charge in [-0.1, -0.05) is 29.5 Å². The van der Waals surface area contributed by atoms with E-state index in [9.17, 15) is 0 Å². The van der Waals surface area contributed by atoms with Gasteiger partial charge in [-0.15, -0.1) is 0 Å². The van der Waals surface area contributed by atoms with E-state index in [1.165, 1.54) is 22.4 Å². The summed E-state index contributed by atoms with van der Waals surface area (Å²) in [7, 11) is 1.72. The summed E-state index contributed by atoms with van der Waals surface area (Å²) in [6, 6.07) is 4.39. The van der Waals surface area contributed by atoms with Gasteiger partial charge in [0.25, 0.3) is 0 Å². The topological polar surface area (TPSA) is 33.6 Å². The minimum atomic E-state index is 0.758. The third-order valence-electron chi connectivity index (χ3n) is 2.86. The molecule has 0 amide bonds. The molecular formula is C15H24N2OS. The molecule has 0 aliphatic heterocycles. The summed E-state index contributed by atoms with van der Waals surface area (Å²) >= 11 is 1.64. The number of methoxy groups -OCH3 is 1. The van der Waals surface area contributed by atoms with Gasteiger partial charge in [0.1, 0.15) is 0 Å². The van der Waals surface area contributed by atoms with Gasteiger partial charge in [-0.2, -0.15) is 0 Å². The zero-order valence-electron chi connectivity index (χ0n) is 12.5. The van der Waals surface area contributed by atoms with Crippen molar-refractivity contribution < 1.29 is 4.74 Å². The number of benzene rings is 1. The quantitative estimate of drug-likeness (QED) is 0.506. The SMILES string of the molecule is COCCCN=C(Nc1c(C)cc(C)cc1C)SC. The van der Waals surface area contributed by atoms with E-state index in [1.54, 1.807) is 18.9 Å². The van der Waals surface area contributed by atoms with Crippen LogP contribution in [0.5, 0.6) is 0 Å². The highest BCUT2D eigenvalue weighted by Gasteiger charge is 2.06. The number of rotatable bonds is 5. The average molecular weight is 280 g/mol. The molecule has 106 valence electrons. The molecule has 0 atom stereocenters. The number of nitrogens with one attached hydrogen (secondary N) is 1. The predicted octanol–water partition coefficient (Wildman–Crippen LogP) is 3.78. The van der Waals surface area contributed by atoms with E-state index < -0.39 is 0 Å². The average Bonchev–Trinajstić information content (AvgIpc) is 2.36. The summed E-state index contributed by atoms with van der Waals surface area (Å²) in [6.45, 7) is 7.93. The van der Waals surface area contributed by atoms with Crippen molar-refractivity contribution in [3.63, 3.8) is 0 Å². The van der Waals surface area contributed by atoms with Gasteiger partial charge < -0.3 is 10.1 Å². The Bertz CT molecular complexity index is 421. The maximum absolute atomic E-state index is 5.03. The normalized spacial score (nSPS) is 11.7. The van der Waals surface area contributed by atoms with Crippen molar-refractivity contribution in [3.8, 4) is 0 Å². The van der Waals surface area contributed by atoms with Crippen LogP contribution in [-0.2, 0) is 4.74 Å². The van der Waals surface area contributed by atoms with Crippen LogP contribution in [0.3, 0.4) is 0 Å². The van der Waals surface area contributed by atoms with Gasteiger partial charge in [-0.25, -0.2) is 0 Å². The Morgan fingerprint density at radius 1 is 1.26 bits per heavy atom. The maximum Gasteiger partial charge on any atom is 0.160 e. The van der Waals surface area contributed by atoms with Crippen LogP contribution in [0.15, 0.2) is 17.1 Å². The third kappa shape index (κ3) is 5.25. The molecular weight excluding hydrogens is 256 g/mol. The molecule has 0 aliphatic carbocycles. The third-order valence-corrected chi connectivity index (χ3v) is 3.48. The second-order valence-electron chi connectivity index (χ2n) is 4.64. The highest BCUT2D eigenvalue weighted by atomic mass is 32.2. The van der Waals surface area contributed by atoms with Gasteiger partial charge in [0, 0.05) is 25.9 Å². The van der Waals surface area contributed by atoms with Crippen molar-refractivity contribution in [1.29, 1.82) is 0 Å². The molecule has 4 heteroatoms. The fourth-order valence-electron chi connectivity index (χ4n) is 2.03. The molecule has 0 aliphatic rings. The van der Waals surface area contributed by atoms with Crippen molar-refractivity contribution in [3.05, 3.63) is 28.8 Å². The molecule has 0 bridgehead atoms. The first-order chi connectivity index (χ1) is 9.08. The number of aryl methyl sites for hydroxylation is 3. The summed E-state index contributed by atoms with van der Waals surface area (Å²) in [5.74, 6) is 0. The molecule has 1 aromatic rings. The molecule has 0 saturated carbocycles. The molecule has 0 heterocycles. The number of anilines is 1. The Morgan fingerprint density at radius 3 is 2.42 bits per heavy atom. The molecule has 0 radical (unpaired) electrons. The second kappa shape index (κ2) is 8.23. The van der Waals surface area contributed by atoms with Gasteiger partial charge >= 0.3 is 0 Å². The molecule has 0 fully saturated rings. The van der Waals surface area contributed by atoms with Crippen LogP contribution in [0.4, 0.5) is 5.69 Å². The second-order valence-corrected chi connectivity index (χ2v) is 5.43. The van der Waals surface area contributed by atoms with Gasteiger partial charge in [0.05, 0.1) is 0 Å². The van der Waals surface area contributed by atoms with E-state index >= 15 is 0 Å². The van der Waals surface area contributed by atoms with Crippen LogP contribution in [0.2, 0.25) is 0 Å². The first kappa shape index (κ1) is 16.1. The lowest BCUT2D eigenvalue weighted by atomic mass is 10.1. The Hall–Kier alpha value is -1.00. The highest BCUT2D eigenvalue weighted by molar-refractivity contribution is 8.13. The first-order valence-electron chi connectivity index (χ1n) is 6.50. The van der Waals surface area contributed by atoms with Crippen LogP contribution in [-0.4, -0.2) is 31.7 Å². The van der Waals surface area contributed by atoms with E-state index in [0.29, 0.717) is 0 Å². The van der Waals surface area contributed by atoms with Gasteiger partial charge in [-0.05, 0) is 44.6 Å². The number of amidine groups is 1. The van der Waals surface area contributed by atoms with E-state index in [4.69, 9.17) is 4.74 Å². The summed E-state index contributed by atoms with van der Waals surface area (Å²) in [6.07, 6.45) is 3.00. The fraction of sp³-hybridized carbons (Fsp3) is 0.533. The summed E-state index contributed by atoms with van der Waals surface area (Å²) in [4.78, 5) is 4.57. The summed E-state index contributed by atoms with van der Waals surface area (Å²) < 4.78 is 5.03. The molecule has 0 saturated heterocycles. The Kier molecular flexibility index (Phi) is 6.95. The standard InChI is InChI=1S/C15H24N2OS/c1-11-9-12(2)14(13(3)10-11)17-15(19-5)16-7-6-8-18-4/h9-10H,6-8H2,1-5H3,(H,16,17). The van der Waals surface area contributed by atoms with E-state index in [2.05, 4.69) is 43.2 Å². The number of ether oxygens (including phenoxy) is 1. The molecule has 0 aromatic heterocycles. The minimum Gasteiger partial charge on any atom is -0.385 e. The van der Waals surface area contributed by atoms with Gasteiger partial charge in [0.15, 0.2) is 5.17 Å². The largest absolute Gasteiger partial charge is 0.385 e. The molecule has 1 rings (SSSR count). The summed E-state index contributed by atoms with van der Waals surface area (Å²) in [5, 5.41) is 4.41. The van der Waals surface area contributed by atoms with Crippen molar-refractivity contribution in [2.45, 2.75) is 27.2 Å². The smallest absolute Gasteiger partial charge is 0.160 e. The number of nitrogens with zero attached hydrogens (tertiary/aromatic N) is 1. The number of thioether (sulfide) groups is 1. The number of hydrogen-bond donors (Lipinski definition) is 1. The fourth-order valence-corrected chi connectivity index (χ4v) is 2.45. The van der Waals surface area contributed by atoms with Gasteiger partial charge in [0.2, 0.25) is 0 Å². The van der Waals surface area contributed by atoms with Crippen molar-refractivity contribution in [2.24, 2.45) is 4.99 Å². The van der Waals surface area contributed by atoms with Crippen molar-refractivity contribution in [1.82, 2.24) is 0 Å². The van der Waals surface area contributed by atoms with E-state index in [0.717, 1.165) is 24.7 Å². The van der Waals surface area contributed by atoms with Crippen LogP contribution < -0.4 is 5.32 Å². The number of hydrogen-bond acceptors (Lipinski definition) is 3. The molecule has 3 nitrogen and oxygen atoms in total. The molecule has 19 heavy (non-hydrogen) atoms. The maximum atomic E-state index is 5.03. The van der Waals surface area contributed by atoms with Crippen LogP contribution in [0.25, 0.3) is 0 Å². The van der Waals surface area contributed by atoms with Gasteiger partial charge in [-0.3, -0.25) is 4.99 Å². The lowest BCUT2D eigenvalue weighted by Crippen LogP contribution is -2.11. The zero-order chi connectivity index (χ0) is 14.3. The summed E-state index contributed by atoms with van der Waals surface area (Å²) in [5.41, 5.74) is 4.99. The molecule has 1 aromatic carbocycles. The van der Waals surface area contributed by atoms with Crippen LogP contribution in [0.1, 0.15) is 23.1 Å². The molecule has 1 N–H and O–H groups in total. The lowest BCUT2D eigenvalue weighted by Gasteiger charge is -2.14. The van der Waals surface area contributed by atoms with Crippen molar-refractivity contribution in [2.75, 3.05) is 31.8 Å². The minimum absolute atomic E-state index is 0.758. The predicted molar refractivity (Wildman–Crippen MR) is 86.6 cm³/mol. The Balaban J connectivity index is 2.75. The Morgan fingerprint density at radius 2 is 1.89 bits per heavy atom. The Labute approximate surface area is 120 Å². The van der Waals surface area contributed by atoms with E-state index in [-0.39, 0.29) is 0 Å². The van der Waals surface area contributed by atoms with E-state index in [1.807, 2.05) is 6.26 Å². The molecule has 0 spiro atoms. The molecule has 0 unspecified atom stereocenters. The monoisotopic (exact) mass is 280 g/mol. The van der Waals surface area contributed by atoms with Crippen LogP contribution in [0, 0.1) is 20.8 Å². The number of aliphatic imine (C=N–C) groups is 1. The lowest BCUT2D eigenvalue weighted by molar-refractivity contribution is 0.197. The first-order valence-corrected chi connectivity index (χ1v) is 7.73. The van der Waals surface area contributed by atoms with Crippen LogP contribution >= 0.6 is 11.8 Å². The highest BCUT2D eigenvalue weighted by Crippen LogP contribution is 2.23. The van der Waals surface area contributed by atoms with Crippen molar-refractivity contribution >= 4 is 22.6 Å².